The molecule has 2 amide bonds. The van der Waals surface area contributed by atoms with Crippen molar-refractivity contribution in [3.8, 4) is 10.4 Å². The molecule has 1 heterocycles. The molecule has 0 saturated heterocycles. The van der Waals surface area contributed by atoms with Gasteiger partial charge in [0, 0.05) is 23.9 Å². The number of carbonyl (C=O) groups is 2. The summed E-state index contributed by atoms with van der Waals surface area (Å²) in [5.74, 6) is -0.987. The molecule has 5 nitrogen and oxygen atoms in total. The Morgan fingerprint density at radius 1 is 1.00 bits per heavy atom. The van der Waals surface area contributed by atoms with Crippen LogP contribution in [0.2, 0.25) is 0 Å². The fraction of sp³-hybridized carbons (Fsp3) is 0.105. The number of hydrogen-bond acceptors (Lipinski definition) is 4. The van der Waals surface area contributed by atoms with Gasteiger partial charge in [0.15, 0.2) is 0 Å². The highest BCUT2D eigenvalue weighted by atomic mass is 32.1. The Hall–Kier alpha value is -3.06. The van der Waals surface area contributed by atoms with Crippen LogP contribution in [0.1, 0.15) is 22.4 Å². The van der Waals surface area contributed by atoms with Crippen LogP contribution in [0.4, 0.5) is 15.8 Å². The average molecular weight is 369 g/mol. The van der Waals surface area contributed by atoms with Crippen LogP contribution < -0.4 is 10.6 Å². The van der Waals surface area contributed by atoms with Crippen molar-refractivity contribution in [1.29, 1.82) is 0 Å². The van der Waals surface area contributed by atoms with Gasteiger partial charge in [-0.2, -0.15) is 0 Å². The largest absolute Gasteiger partial charge is 0.326 e. The maximum atomic E-state index is 14.1. The molecule has 0 fully saturated rings. The fourth-order valence-corrected chi connectivity index (χ4v) is 3.38. The smallest absolute Gasteiger partial charge is 0.275 e. The average Bonchev–Trinajstić information content (AvgIpc) is 2.98. The lowest BCUT2D eigenvalue weighted by Gasteiger charge is -2.07. The molecule has 0 radical (unpaired) electrons. The molecule has 7 heteroatoms. The Labute approximate surface area is 153 Å². The third-order valence-corrected chi connectivity index (χ3v) is 4.53. The molecule has 0 atom stereocenters. The standard InChI is InChI=1S/C19H16FN3O2S/c1-11(24)21-13-7-9-14(10-8-13)23-19(25)17-18(26-12(2)22-17)15-5-3-4-6-16(15)20/h3-10H,1-2H3,(H,21,24)(H,23,25). The molecule has 0 aliphatic rings. The van der Waals surface area contributed by atoms with Crippen LogP contribution in [0.3, 0.4) is 0 Å². The number of benzene rings is 2. The number of thiazole rings is 1. The molecule has 2 N–H and O–H groups in total. The number of anilines is 2. The summed E-state index contributed by atoms with van der Waals surface area (Å²) in [6, 6.07) is 13.0. The van der Waals surface area contributed by atoms with Gasteiger partial charge in [-0.05, 0) is 37.3 Å². The van der Waals surface area contributed by atoms with E-state index < -0.39 is 11.7 Å². The van der Waals surface area contributed by atoms with Crippen LogP contribution in [-0.2, 0) is 4.79 Å². The van der Waals surface area contributed by atoms with E-state index in [2.05, 4.69) is 15.6 Å². The molecule has 26 heavy (non-hydrogen) atoms. The molecule has 0 aliphatic heterocycles. The molecule has 3 rings (SSSR count). The van der Waals surface area contributed by atoms with Gasteiger partial charge >= 0.3 is 0 Å². The maximum Gasteiger partial charge on any atom is 0.275 e. The highest BCUT2D eigenvalue weighted by Crippen LogP contribution is 2.32. The normalized spacial score (nSPS) is 10.4. The molecular formula is C19H16FN3O2S. The van der Waals surface area contributed by atoms with Crippen LogP contribution in [0.25, 0.3) is 10.4 Å². The molecule has 0 saturated carbocycles. The van der Waals surface area contributed by atoms with Crippen molar-refractivity contribution in [2.45, 2.75) is 13.8 Å². The van der Waals surface area contributed by atoms with Gasteiger partial charge in [0.25, 0.3) is 5.91 Å². The highest BCUT2D eigenvalue weighted by molar-refractivity contribution is 7.15. The predicted octanol–water partition coefficient (Wildman–Crippen LogP) is 4.47. The lowest BCUT2D eigenvalue weighted by atomic mass is 10.1. The quantitative estimate of drug-likeness (QED) is 0.713. The van der Waals surface area contributed by atoms with Crippen molar-refractivity contribution in [2.24, 2.45) is 0 Å². The number of carbonyl (C=O) groups excluding carboxylic acids is 2. The molecular weight excluding hydrogens is 353 g/mol. The first-order valence-corrected chi connectivity index (χ1v) is 8.67. The fourth-order valence-electron chi connectivity index (χ4n) is 2.44. The van der Waals surface area contributed by atoms with E-state index in [1.54, 1.807) is 49.4 Å². The number of rotatable bonds is 4. The summed E-state index contributed by atoms with van der Waals surface area (Å²) in [5.41, 5.74) is 1.72. The first kappa shape index (κ1) is 17.8. The van der Waals surface area contributed by atoms with Crippen molar-refractivity contribution in [1.82, 2.24) is 4.98 Å². The van der Waals surface area contributed by atoms with Crippen LogP contribution >= 0.6 is 11.3 Å². The van der Waals surface area contributed by atoms with Crippen molar-refractivity contribution in [3.63, 3.8) is 0 Å². The van der Waals surface area contributed by atoms with Gasteiger partial charge in [0.2, 0.25) is 5.91 Å². The van der Waals surface area contributed by atoms with Gasteiger partial charge in [0.05, 0.1) is 9.88 Å². The van der Waals surface area contributed by atoms with Crippen molar-refractivity contribution in [3.05, 3.63) is 65.0 Å². The van der Waals surface area contributed by atoms with Gasteiger partial charge in [-0.15, -0.1) is 11.3 Å². The number of aromatic nitrogens is 1. The summed E-state index contributed by atoms with van der Waals surface area (Å²) >= 11 is 1.27. The van der Waals surface area contributed by atoms with Crippen LogP contribution in [0, 0.1) is 12.7 Å². The summed E-state index contributed by atoms with van der Waals surface area (Å²) < 4.78 is 14.1. The van der Waals surface area contributed by atoms with Gasteiger partial charge in [-0.3, -0.25) is 9.59 Å². The Bertz CT molecular complexity index is 967. The number of aryl methyl sites for hydroxylation is 1. The zero-order valence-corrected chi connectivity index (χ0v) is 15.0. The Balaban J connectivity index is 1.85. The number of halogens is 1. The second-order valence-corrected chi connectivity index (χ2v) is 6.81. The Morgan fingerprint density at radius 3 is 2.23 bits per heavy atom. The van der Waals surface area contributed by atoms with E-state index in [0.29, 0.717) is 26.8 Å². The first-order valence-electron chi connectivity index (χ1n) is 7.85. The van der Waals surface area contributed by atoms with E-state index in [9.17, 15) is 14.0 Å². The van der Waals surface area contributed by atoms with Crippen LogP contribution in [0.15, 0.2) is 48.5 Å². The van der Waals surface area contributed by atoms with Gasteiger partial charge in [0.1, 0.15) is 11.5 Å². The van der Waals surface area contributed by atoms with E-state index in [1.165, 1.54) is 24.3 Å². The predicted molar refractivity (Wildman–Crippen MR) is 101 cm³/mol. The van der Waals surface area contributed by atoms with E-state index in [-0.39, 0.29) is 11.6 Å². The highest BCUT2D eigenvalue weighted by Gasteiger charge is 2.20. The summed E-state index contributed by atoms with van der Waals surface area (Å²) in [5, 5.41) is 6.08. The number of nitrogens with one attached hydrogen (secondary N) is 2. The molecule has 1 aromatic heterocycles. The van der Waals surface area contributed by atoms with E-state index >= 15 is 0 Å². The SMILES string of the molecule is CC(=O)Nc1ccc(NC(=O)c2nc(C)sc2-c2ccccc2F)cc1. The topological polar surface area (TPSA) is 71.1 Å². The second-order valence-electron chi connectivity index (χ2n) is 5.60. The monoisotopic (exact) mass is 369 g/mol. The lowest BCUT2D eigenvalue weighted by molar-refractivity contribution is -0.114. The molecule has 3 aromatic rings. The van der Waals surface area contributed by atoms with Crippen molar-refractivity contribution in [2.75, 3.05) is 10.6 Å². The van der Waals surface area contributed by atoms with E-state index in [0.717, 1.165) is 0 Å². The van der Waals surface area contributed by atoms with Crippen molar-refractivity contribution >= 4 is 34.5 Å². The first-order chi connectivity index (χ1) is 12.4. The summed E-state index contributed by atoms with van der Waals surface area (Å²) in [7, 11) is 0. The maximum absolute atomic E-state index is 14.1. The van der Waals surface area contributed by atoms with Gasteiger partial charge in [-0.1, -0.05) is 18.2 Å². The zero-order chi connectivity index (χ0) is 18.7. The number of nitrogens with zero attached hydrogens (tertiary/aromatic N) is 1. The molecule has 0 aliphatic carbocycles. The van der Waals surface area contributed by atoms with Gasteiger partial charge in [-0.25, -0.2) is 9.37 Å². The minimum atomic E-state index is -0.417. The second kappa shape index (κ2) is 7.45. The summed E-state index contributed by atoms with van der Waals surface area (Å²) in [4.78, 5) is 28.4. The van der Waals surface area contributed by atoms with E-state index in [1.807, 2.05) is 0 Å². The van der Waals surface area contributed by atoms with E-state index in [4.69, 9.17) is 0 Å². The lowest BCUT2D eigenvalue weighted by Crippen LogP contribution is -2.13. The summed E-state index contributed by atoms with van der Waals surface area (Å²) in [6.07, 6.45) is 0. The molecule has 2 aromatic carbocycles. The summed E-state index contributed by atoms with van der Waals surface area (Å²) in [6.45, 7) is 3.19. The van der Waals surface area contributed by atoms with Crippen molar-refractivity contribution < 1.29 is 14.0 Å². The Kier molecular flexibility index (Phi) is 5.09. The van der Waals surface area contributed by atoms with Gasteiger partial charge < -0.3 is 10.6 Å². The van der Waals surface area contributed by atoms with Crippen LogP contribution in [-0.4, -0.2) is 16.8 Å². The minimum absolute atomic E-state index is 0.172. The third kappa shape index (κ3) is 3.94. The number of hydrogen-bond donors (Lipinski definition) is 2. The zero-order valence-electron chi connectivity index (χ0n) is 14.2. The molecule has 0 spiro atoms. The third-order valence-electron chi connectivity index (χ3n) is 3.53. The minimum Gasteiger partial charge on any atom is -0.326 e. The molecule has 0 unspecified atom stereocenters. The Morgan fingerprint density at radius 2 is 1.62 bits per heavy atom. The molecule has 0 bridgehead atoms. The van der Waals surface area contributed by atoms with Crippen LogP contribution in [0.5, 0.6) is 0 Å². The number of amides is 2. The molecule has 132 valence electrons.